The van der Waals surface area contributed by atoms with Crippen LogP contribution in [0.4, 0.5) is 0 Å². The molecule has 108 valence electrons. The number of sulfonamides is 1. The van der Waals surface area contributed by atoms with Crippen LogP contribution in [0.15, 0.2) is 11.2 Å². The Balaban J connectivity index is 3.05. The Hall–Kier alpha value is -1.41. The molecule has 0 aliphatic heterocycles. The van der Waals surface area contributed by atoms with Crippen molar-refractivity contribution in [1.29, 1.82) is 0 Å². The maximum absolute atomic E-state index is 12.2. The zero-order valence-electron chi connectivity index (χ0n) is 11.4. The van der Waals surface area contributed by atoms with Gasteiger partial charge >= 0.3 is 5.97 Å². The van der Waals surface area contributed by atoms with E-state index < -0.39 is 22.0 Å². The van der Waals surface area contributed by atoms with Gasteiger partial charge in [0.25, 0.3) is 10.0 Å². The molecule has 0 radical (unpaired) electrons. The molecule has 0 saturated carbocycles. The lowest BCUT2D eigenvalue weighted by Crippen LogP contribution is -2.42. The molecule has 1 aromatic heterocycles. The van der Waals surface area contributed by atoms with E-state index in [1.54, 1.807) is 6.92 Å². The van der Waals surface area contributed by atoms with Gasteiger partial charge in [0.1, 0.15) is 6.04 Å². The minimum absolute atomic E-state index is 0.0116. The first kappa shape index (κ1) is 15.6. The summed E-state index contributed by atoms with van der Waals surface area (Å²) in [6, 6.07) is -1.14. The molecule has 0 aliphatic rings. The highest BCUT2D eigenvalue weighted by Gasteiger charge is 2.29. The van der Waals surface area contributed by atoms with Gasteiger partial charge in [0.2, 0.25) is 0 Å². The van der Waals surface area contributed by atoms with Crippen LogP contribution in [-0.4, -0.2) is 35.3 Å². The summed E-state index contributed by atoms with van der Waals surface area (Å²) >= 11 is 0. The third-order valence-corrected chi connectivity index (χ3v) is 4.30. The molecule has 0 aromatic carbocycles. The molecule has 7 nitrogen and oxygen atoms in total. The molecule has 0 aliphatic carbocycles. The molecule has 1 heterocycles. The van der Waals surface area contributed by atoms with E-state index in [0.29, 0.717) is 5.56 Å². The van der Waals surface area contributed by atoms with Crippen LogP contribution in [0, 0.1) is 12.8 Å². The first-order valence-corrected chi connectivity index (χ1v) is 7.37. The predicted molar refractivity (Wildman–Crippen MR) is 69.1 cm³/mol. The second kappa shape index (κ2) is 5.70. The maximum Gasteiger partial charge on any atom is 0.321 e. The zero-order valence-corrected chi connectivity index (χ0v) is 12.2. The summed E-state index contributed by atoms with van der Waals surface area (Å²) in [5.74, 6) is -1.12. The first-order valence-electron chi connectivity index (χ1n) is 5.89. The average molecular weight is 289 g/mol. The number of aliphatic carboxylic acids is 1. The number of carboxylic acids is 1. The Bertz CT molecular complexity index is 543. The molecule has 1 aromatic rings. The van der Waals surface area contributed by atoms with Gasteiger partial charge in [0.15, 0.2) is 5.03 Å². The number of rotatable bonds is 6. The van der Waals surface area contributed by atoms with E-state index in [4.69, 9.17) is 5.11 Å². The fraction of sp³-hybridized carbons (Fsp3) is 0.636. The second-order valence-corrected chi connectivity index (χ2v) is 6.53. The van der Waals surface area contributed by atoms with E-state index in [2.05, 4.69) is 9.82 Å². The van der Waals surface area contributed by atoms with Gasteiger partial charge < -0.3 is 5.11 Å². The zero-order chi connectivity index (χ0) is 14.8. The van der Waals surface area contributed by atoms with Crippen molar-refractivity contribution in [2.24, 2.45) is 13.0 Å². The third-order valence-electron chi connectivity index (χ3n) is 2.61. The SMILES string of the molecule is Cc1cnn(C)c1S(=O)(=O)NC(CC(C)C)C(=O)O. The van der Waals surface area contributed by atoms with Crippen LogP contribution < -0.4 is 4.72 Å². The van der Waals surface area contributed by atoms with Crippen LogP contribution in [0.25, 0.3) is 0 Å². The topological polar surface area (TPSA) is 101 Å². The lowest BCUT2D eigenvalue weighted by atomic mass is 10.1. The van der Waals surface area contributed by atoms with Gasteiger partial charge in [0.05, 0.1) is 6.20 Å². The standard InChI is InChI=1S/C11H19N3O4S/c1-7(2)5-9(11(15)16)13-19(17,18)10-8(3)6-12-14(10)4/h6-7,9,13H,5H2,1-4H3,(H,15,16). The van der Waals surface area contributed by atoms with E-state index in [-0.39, 0.29) is 17.4 Å². The smallest absolute Gasteiger partial charge is 0.321 e. The Kier molecular flexibility index (Phi) is 4.70. The van der Waals surface area contributed by atoms with Crippen LogP contribution in [-0.2, 0) is 21.9 Å². The fourth-order valence-corrected chi connectivity index (χ4v) is 3.39. The number of aryl methyl sites for hydroxylation is 2. The van der Waals surface area contributed by atoms with Crippen molar-refractivity contribution in [1.82, 2.24) is 14.5 Å². The van der Waals surface area contributed by atoms with Crippen molar-refractivity contribution in [3.8, 4) is 0 Å². The number of aromatic nitrogens is 2. The van der Waals surface area contributed by atoms with Crippen LogP contribution in [0.1, 0.15) is 25.8 Å². The van der Waals surface area contributed by atoms with Crippen LogP contribution in [0.2, 0.25) is 0 Å². The summed E-state index contributed by atoms with van der Waals surface area (Å²) in [5, 5.41) is 12.9. The highest BCUT2D eigenvalue weighted by molar-refractivity contribution is 7.89. The van der Waals surface area contributed by atoms with Gasteiger partial charge in [-0.3, -0.25) is 9.48 Å². The van der Waals surface area contributed by atoms with Gasteiger partial charge in [-0.2, -0.15) is 9.82 Å². The Morgan fingerprint density at radius 1 is 1.53 bits per heavy atom. The normalized spacial score (nSPS) is 13.7. The van der Waals surface area contributed by atoms with E-state index >= 15 is 0 Å². The van der Waals surface area contributed by atoms with Gasteiger partial charge in [0, 0.05) is 12.6 Å². The van der Waals surface area contributed by atoms with E-state index in [1.807, 2.05) is 13.8 Å². The molecular weight excluding hydrogens is 270 g/mol. The van der Waals surface area contributed by atoms with Crippen LogP contribution in [0.5, 0.6) is 0 Å². The molecule has 0 bridgehead atoms. The van der Waals surface area contributed by atoms with Crippen LogP contribution >= 0.6 is 0 Å². The van der Waals surface area contributed by atoms with E-state index in [0.717, 1.165) is 0 Å². The summed E-state index contributed by atoms with van der Waals surface area (Å²) in [6.45, 7) is 5.28. The molecule has 1 atom stereocenters. The van der Waals surface area contributed by atoms with E-state index in [1.165, 1.54) is 17.9 Å². The summed E-state index contributed by atoms with van der Waals surface area (Å²) in [6.07, 6.45) is 1.65. The average Bonchev–Trinajstić information content (AvgIpc) is 2.56. The van der Waals surface area contributed by atoms with Crippen molar-refractivity contribution in [2.75, 3.05) is 0 Å². The number of hydrogen-bond donors (Lipinski definition) is 2. The highest BCUT2D eigenvalue weighted by Crippen LogP contribution is 2.15. The van der Waals surface area contributed by atoms with Gasteiger partial charge in [-0.25, -0.2) is 8.42 Å². The van der Waals surface area contributed by atoms with Crippen molar-refractivity contribution in [2.45, 2.75) is 38.3 Å². The number of carboxylic acid groups (broad SMARTS) is 1. The molecule has 0 spiro atoms. The highest BCUT2D eigenvalue weighted by atomic mass is 32.2. The van der Waals surface area contributed by atoms with Gasteiger partial charge in [-0.05, 0) is 19.3 Å². The number of carbonyl (C=O) groups is 1. The molecule has 19 heavy (non-hydrogen) atoms. The maximum atomic E-state index is 12.2. The van der Waals surface area contributed by atoms with Crippen molar-refractivity contribution in [3.05, 3.63) is 11.8 Å². The monoisotopic (exact) mass is 289 g/mol. The largest absolute Gasteiger partial charge is 0.480 e. The molecule has 1 rings (SSSR count). The van der Waals surface area contributed by atoms with E-state index in [9.17, 15) is 13.2 Å². The molecule has 1 unspecified atom stereocenters. The van der Waals surface area contributed by atoms with Crippen molar-refractivity contribution < 1.29 is 18.3 Å². The lowest BCUT2D eigenvalue weighted by Gasteiger charge is -2.17. The molecule has 0 saturated heterocycles. The first-order chi connectivity index (χ1) is 8.65. The number of nitrogens with one attached hydrogen (secondary N) is 1. The predicted octanol–water partition coefficient (Wildman–Crippen LogP) is 0.506. The summed E-state index contributed by atoms with van der Waals surface area (Å²) < 4.78 is 27.8. The number of nitrogens with zero attached hydrogens (tertiary/aromatic N) is 2. The van der Waals surface area contributed by atoms with Crippen molar-refractivity contribution >= 4 is 16.0 Å². The lowest BCUT2D eigenvalue weighted by molar-refractivity contribution is -0.139. The van der Waals surface area contributed by atoms with Gasteiger partial charge in [-0.1, -0.05) is 13.8 Å². The quantitative estimate of drug-likeness (QED) is 0.794. The fourth-order valence-electron chi connectivity index (χ4n) is 1.84. The second-order valence-electron chi connectivity index (χ2n) is 4.90. The summed E-state index contributed by atoms with van der Waals surface area (Å²) in [4.78, 5) is 11.1. The minimum atomic E-state index is -3.90. The molecule has 2 N–H and O–H groups in total. The molecule has 0 amide bonds. The Morgan fingerprint density at radius 3 is 2.47 bits per heavy atom. The molecule has 8 heteroatoms. The molecule has 0 fully saturated rings. The Labute approximate surface area is 112 Å². The van der Waals surface area contributed by atoms with Gasteiger partial charge in [-0.15, -0.1) is 0 Å². The molecular formula is C11H19N3O4S. The van der Waals surface area contributed by atoms with Crippen LogP contribution in [0.3, 0.4) is 0 Å². The Morgan fingerprint density at radius 2 is 2.11 bits per heavy atom. The van der Waals surface area contributed by atoms with Crippen molar-refractivity contribution in [3.63, 3.8) is 0 Å². The minimum Gasteiger partial charge on any atom is -0.480 e. The number of hydrogen-bond acceptors (Lipinski definition) is 4. The summed E-state index contributed by atoms with van der Waals surface area (Å²) in [5.41, 5.74) is 0.476. The summed E-state index contributed by atoms with van der Waals surface area (Å²) in [7, 11) is -2.40. The third kappa shape index (κ3) is 3.77.